The molecule has 0 radical (unpaired) electrons. The fourth-order valence-electron chi connectivity index (χ4n) is 3.32. The highest BCUT2D eigenvalue weighted by Gasteiger charge is 2.55. The Kier molecular flexibility index (Phi) is 5.49. The Morgan fingerprint density at radius 2 is 1.65 bits per heavy atom. The van der Waals surface area contributed by atoms with E-state index in [0.717, 1.165) is 17.4 Å². The van der Waals surface area contributed by atoms with Crippen molar-refractivity contribution in [2.75, 3.05) is 5.75 Å². The van der Waals surface area contributed by atoms with Gasteiger partial charge in [0.05, 0.1) is 17.4 Å². The van der Waals surface area contributed by atoms with Gasteiger partial charge in [0, 0.05) is 22.5 Å². The van der Waals surface area contributed by atoms with E-state index in [0.29, 0.717) is 22.3 Å². The summed E-state index contributed by atoms with van der Waals surface area (Å²) in [4.78, 5) is 8.32. The van der Waals surface area contributed by atoms with Gasteiger partial charge in [0.15, 0.2) is 10.8 Å². The average molecular weight is 444 g/mol. The molecule has 0 saturated heterocycles. The minimum Gasteiger partial charge on any atom is -0.376 e. The maximum Gasteiger partial charge on any atom is 0.422 e. The second kappa shape index (κ2) is 7.97. The molecule has 0 aliphatic rings. The number of thioether (sulfide) groups is 1. The summed E-state index contributed by atoms with van der Waals surface area (Å²) in [7, 11) is 0. The average Bonchev–Trinajstić information content (AvgIpc) is 3.14. The third kappa shape index (κ3) is 4.15. The van der Waals surface area contributed by atoms with Crippen molar-refractivity contribution in [1.29, 1.82) is 0 Å². The minimum absolute atomic E-state index is 0.193. The highest BCUT2D eigenvalue weighted by Crippen LogP contribution is 2.43. The number of alkyl halides is 3. The molecule has 4 aromatic rings. The molecule has 2 aromatic carbocycles. The number of halogens is 3. The fourth-order valence-corrected chi connectivity index (χ4v) is 4.41. The minimum atomic E-state index is -4.89. The molecule has 1 unspecified atom stereocenters. The lowest BCUT2D eigenvalue weighted by molar-refractivity contribution is -0.256. The Balaban J connectivity index is 1.70. The Morgan fingerprint density at radius 3 is 2.29 bits per heavy atom. The largest absolute Gasteiger partial charge is 0.422 e. The smallest absolute Gasteiger partial charge is 0.376 e. The zero-order chi connectivity index (χ0) is 22.2. The van der Waals surface area contributed by atoms with E-state index in [1.54, 1.807) is 30.7 Å². The van der Waals surface area contributed by atoms with Crippen LogP contribution in [0.5, 0.6) is 0 Å². The van der Waals surface area contributed by atoms with Crippen molar-refractivity contribution < 1.29 is 18.3 Å². The van der Waals surface area contributed by atoms with Crippen LogP contribution in [0.3, 0.4) is 0 Å². The van der Waals surface area contributed by atoms with E-state index in [4.69, 9.17) is 0 Å². The number of nitrogens with zero attached hydrogens (tertiary/aromatic N) is 4. The molecule has 0 saturated carbocycles. The zero-order valence-electron chi connectivity index (χ0n) is 16.8. The van der Waals surface area contributed by atoms with Gasteiger partial charge in [-0.05, 0) is 49.7 Å². The Bertz CT molecular complexity index is 1210. The maximum atomic E-state index is 14.0. The number of hydrogen-bond donors (Lipinski definition) is 1. The van der Waals surface area contributed by atoms with Crippen molar-refractivity contribution in [1.82, 2.24) is 19.7 Å². The molecule has 9 heteroatoms. The van der Waals surface area contributed by atoms with Crippen molar-refractivity contribution in [3.8, 4) is 5.69 Å². The lowest BCUT2D eigenvalue weighted by Crippen LogP contribution is -2.44. The number of aromatic nitrogens is 4. The molecule has 0 bridgehead atoms. The second-order valence-corrected chi connectivity index (χ2v) is 8.19. The molecular formula is C22H19F3N4OS. The van der Waals surface area contributed by atoms with Crippen molar-refractivity contribution in [2.45, 2.75) is 30.8 Å². The van der Waals surface area contributed by atoms with Crippen LogP contribution in [-0.2, 0) is 5.60 Å². The number of hydrogen-bond acceptors (Lipinski definition) is 5. The molecule has 0 amide bonds. The number of aliphatic hydroxyl groups is 1. The van der Waals surface area contributed by atoms with Gasteiger partial charge in [-0.3, -0.25) is 0 Å². The summed E-state index contributed by atoms with van der Waals surface area (Å²) in [5.41, 5.74) is -0.581. The van der Waals surface area contributed by atoms with E-state index >= 15 is 0 Å². The molecule has 160 valence electrons. The highest BCUT2D eigenvalue weighted by atomic mass is 32.2. The Hall–Kier alpha value is -2.91. The standard InChI is InChI=1S/C22H19F3N4OS/c1-14-10-15(2)28-20(27-14)31-13-21(30,22(23,24)25)17-8-9-19-16(11-17)12-26-29(19)18-6-4-3-5-7-18/h3-12,30H,13H2,1-2H3. The van der Waals surface area contributed by atoms with Crippen LogP contribution in [0.25, 0.3) is 16.6 Å². The third-order valence-electron chi connectivity index (χ3n) is 4.89. The van der Waals surface area contributed by atoms with Crippen molar-refractivity contribution in [3.63, 3.8) is 0 Å². The third-order valence-corrected chi connectivity index (χ3v) is 5.89. The summed E-state index contributed by atoms with van der Waals surface area (Å²) in [5.74, 6) is -0.669. The fraction of sp³-hybridized carbons (Fsp3) is 0.227. The lowest BCUT2D eigenvalue weighted by Gasteiger charge is -2.30. The summed E-state index contributed by atoms with van der Waals surface area (Å²) in [5, 5.41) is 15.8. The van der Waals surface area contributed by atoms with Crippen LogP contribution in [0.2, 0.25) is 0 Å². The second-order valence-electron chi connectivity index (χ2n) is 7.25. The monoisotopic (exact) mass is 444 g/mol. The van der Waals surface area contributed by atoms with Gasteiger partial charge >= 0.3 is 6.18 Å². The van der Waals surface area contributed by atoms with Crippen molar-refractivity contribution >= 4 is 22.7 Å². The quantitative estimate of drug-likeness (QED) is 0.348. The van der Waals surface area contributed by atoms with Crippen molar-refractivity contribution in [3.05, 3.63) is 77.7 Å². The van der Waals surface area contributed by atoms with Gasteiger partial charge in [-0.2, -0.15) is 18.3 Å². The molecule has 0 spiro atoms. The molecule has 0 fully saturated rings. The van der Waals surface area contributed by atoms with E-state index in [2.05, 4.69) is 15.1 Å². The molecule has 0 aliphatic carbocycles. The first kappa shape index (κ1) is 21.3. The van der Waals surface area contributed by atoms with Crippen LogP contribution in [0.1, 0.15) is 17.0 Å². The maximum absolute atomic E-state index is 14.0. The first-order valence-electron chi connectivity index (χ1n) is 9.45. The van der Waals surface area contributed by atoms with E-state index in [1.165, 1.54) is 18.3 Å². The summed E-state index contributed by atoms with van der Waals surface area (Å²) < 4.78 is 43.6. The molecule has 1 N–H and O–H groups in total. The van der Waals surface area contributed by atoms with Gasteiger partial charge in [-0.15, -0.1) is 0 Å². The number of rotatable bonds is 5. The predicted octanol–water partition coefficient (Wildman–Crippen LogP) is 4.97. The van der Waals surface area contributed by atoms with E-state index in [-0.39, 0.29) is 10.7 Å². The molecule has 0 aliphatic heterocycles. The van der Waals surface area contributed by atoms with Crippen molar-refractivity contribution in [2.24, 2.45) is 0 Å². The Labute approximate surface area is 181 Å². The molecule has 2 heterocycles. The van der Waals surface area contributed by atoms with E-state index < -0.39 is 17.5 Å². The van der Waals surface area contributed by atoms with Gasteiger partial charge in [0.25, 0.3) is 0 Å². The van der Waals surface area contributed by atoms with Crippen LogP contribution in [0, 0.1) is 13.8 Å². The van der Waals surface area contributed by atoms with Crippen LogP contribution in [0.15, 0.2) is 66.0 Å². The first-order valence-corrected chi connectivity index (χ1v) is 10.4. The SMILES string of the molecule is Cc1cc(C)nc(SCC(O)(c2ccc3c(cnn3-c3ccccc3)c2)C(F)(F)F)n1. The first-order chi connectivity index (χ1) is 14.7. The van der Waals surface area contributed by atoms with Crippen LogP contribution in [0.4, 0.5) is 13.2 Å². The highest BCUT2D eigenvalue weighted by molar-refractivity contribution is 7.99. The molecule has 5 nitrogen and oxygen atoms in total. The Morgan fingerprint density at radius 1 is 0.968 bits per heavy atom. The van der Waals surface area contributed by atoms with E-state index in [9.17, 15) is 18.3 Å². The zero-order valence-corrected chi connectivity index (χ0v) is 17.6. The molecular weight excluding hydrogens is 425 g/mol. The molecule has 31 heavy (non-hydrogen) atoms. The lowest BCUT2D eigenvalue weighted by atomic mass is 9.94. The number of benzene rings is 2. The van der Waals surface area contributed by atoms with Crippen LogP contribution < -0.4 is 0 Å². The van der Waals surface area contributed by atoms with Gasteiger partial charge in [0.1, 0.15) is 0 Å². The predicted molar refractivity (Wildman–Crippen MR) is 113 cm³/mol. The normalized spacial score (nSPS) is 14.0. The summed E-state index contributed by atoms with van der Waals surface area (Å²) in [6.45, 7) is 3.49. The van der Waals surface area contributed by atoms with Gasteiger partial charge in [-0.1, -0.05) is 36.0 Å². The van der Waals surface area contributed by atoms with Crippen LogP contribution in [-0.4, -0.2) is 36.8 Å². The molecule has 2 aromatic heterocycles. The number of aryl methyl sites for hydroxylation is 2. The summed E-state index contributed by atoms with van der Waals surface area (Å²) >= 11 is 0.772. The number of fused-ring (bicyclic) bond motifs is 1. The summed E-state index contributed by atoms with van der Waals surface area (Å²) in [6.07, 6.45) is -3.40. The van der Waals surface area contributed by atoms with Gasteiger partial charge in [-0.25, -0.2) is 14.6 Å². The summed E-state index contributed by atoms with van der Waals surface area (Å²) in [6, 6.07) is 15.2. The van der Waals surface area contributed by atoms with E-state index in [1.807, 2.05) is 30.3 Å². The van der Waals surface area contributed by atoms with Gasteiger partial charge < -0.3 is 5.11 Å². The topological polar surface area (TPSA) is 63.8 Å². The number of para-hydroxylation sites is 1. The molecule has 4 rings (SSSR count). The molecule has 1 atom stereocenters. The van der Waals surface area contributed by atoms with Gasteiger partial charge in [0.2, 0.25) is 0 Å². The van der Waals surface area contributed by atoms with Crippen LogP contribution >= 0.6 is 11.8 Å².